The number of ether oxygens (including phenoxy) is 2. The normalized spacial score (nSPS) is 15.5. The number of benzene rings is 1. The van der Waals surface area contributed by atoms with E-state index in [1.165, 1.54) is 0 Å². The van der Waals surface area contributed by atoms with Crippen molar-refractivity contribution in [2.75, 3.05) is 50.0 Å². The lowest BCUT2D eigenvalue weighted by Crippen LogP contribution is -2.39. The Morgan fingerprint density at radius 3 is 1.76 bits per heavy atom. The Bertz CT molecular complexity index is 1350. The minimum atomic E-state index is -0.487. The Labute approximate surface area is 299 Å². The number of rotatable bonds is 10. The van der Waals surface area contributed by atoms with Crippen LogP contribution >= 0.6 is 63.9 Å². The summed E-state index contributed by atoms with van der Waals surface area (Å²) in [5.74, 6) is 1.000. The van der Waals surface area contributed by atoms with Gasteiger partial charge in [0.15, 0.2) is 23.3 Å². The fourth-order valence-electron chi connectivity index (χ4n) is 4.98. The highest BCUT2D eigenvalue weighted by atomic mass is 79.9. The van der Waals surface area contributed by atoms with E-state index in [1.54, 1.807) is 0 Å². The van der Waals surface area contributed by atoms with E-state index >= 15 is 0 Å². The molecule has 0 amide bonds. The quantitative estimate of drug-likeness (QED) is 0.183. The van der Waals surface area contributed by atoms with E-state index in [0.717, 1.165) is 92.3 Å². The fourth-order valence-corrected chi connectivity index (χ4v) is 5.70. The second-order valence-electron chi connectivity index (χ2n) is 10.3. The van der Waals surface area contributed by atoms with Crippen LogP contribution in [0.4, 0.5) is 20.4 Å². The molecule has 0 aliphatic carbocycles. The Kier molecular flexibility index (Phi) is 17.8. The predicted octanol–water partition coefficient (Wildman–Crippen LogP) is 7.18. The van der Waals surface area contributed by atoms with E-state index in [4.69, 9.17) is 32.7 Å². The third-order valence-corrected chi connectivity index (χ3v) is 8.26. The third-order valence-electron chi connectivity index (χ3n) is 7.11. The molecule has 0 radical (unpaired) electrons. The second kappa shape index (κ2) is 20.4. The van der Waals surface area contributed by atoms with Crippen LogP contribution < -0.4 is 25.4 Å². The molecule has 5 rings (SSSR count). The molecule has 2 aliphatic rings. The summed E-state index contributed by atoms with van der Waals surface area (Å²) < 4.78 is 39.4. The zero-order valence-electron chi connectivity index (χ0n) is 25.5. The average Bonchev–Trinajstić information content (AvgIpc) is 3.01. The van der Waals surface area contributed by atoms with Gasteiger partial charge < -0.3 is 25.4 Å². The number of hydrogen-bond acceptors (Lipinski definition) is 10. The van der Waals surface area contributed by atoms with Crippen molar-refractivity contribution in [3.8, 4) is 11.5 Å². The molecule has 17 heteroatoms. The van der Waals surface area contributed by atoms with Crippen molar-refractivity contribution in [1.29, 1.82) is 0 Å². The smallest absolute Gasteiger partial charge is 0.224 e. The van der Waals surface area contributed by atoms with Crippen LogP contribution in [0, 0.1) is 11.6 Å². The van der Waals surface area contributed by atoms with Crippen LogP contribution in [-0.2, 0) is 6.54 Å². The zero-order valence-corrected chi connectivity index (χ0v) is 30.2. The minimum absolute atomic E-state index is 0. The van der Waals surface area contributed by atoms with Gasteiger partial charge in [-0.05, 0) is 109 Å². The molecule has 0 atom stereocenters. The molecule has 2 aliphatic heterocycles. The Hall–Kier alpha value is -2.00. The van der Waals surface area contributed by atoms with Crippen LogP contribution in [0.25, 0.3) is 0 Å². The Morgan fingerprint density at radius 1 is 0.848 bits per heavy atom. The fraction of sp³-hybridized carbons (Fsp3) is 0.517. The first-order valence-corrected chi connectivity index (χ1v) is 16.2. The van der Waals surface area contributed by atoms with Gasteiger partial charge in [0.1, 0.15) is 16.0 Å². The van der Waals surface area contributed by atoms with E-state index in [0.29, 0.717) is 13.2 Å². The number of piperidine rings is 2. The number of halogens is 7. The van der Waals surface area contributed by atoms with E-state index in [9.17, 15) is 8.78 Å². The SMILES string of the molecule is CCOc1cc(CN2CCC(Nc3nc(Cl)ncc3F)CC2)cc(OCC)c1Br.Cl.Cl.Fc1cnc(Cl)nc1NC1CCNCC1. The Morgan fingerprint density at radius 2 is 1.30 bits per heavy atom. The summed E-state index contributed by atoms with van der Waals surface area (Å²) in [6.07, 6.45) is 5.86. The standard InChI is InChI=1S/C20H25BrClFN4O2.C9H12ClFN4.2ClH/c1-3-28-16-9-13(10-17(18(16)21)29-4-2)12-27-7-5-14(6-8-27)25-19-15(23)11-24-20(22)26-19;10-9-13-5-7(11)8(15-9)14-6-1-3-12-4-2-6;;/h9-11,14H,3-8,12H2,1-2H3,(H,24,25,26);5-6,12H,1-4H2,(H,13,14,15);2*1H. The summed E-state index contributed by atoms with van der Waals surface area (Å²) in [6, 6.07) is 4.51. The van der Waals surface area contributed by atoms with Crippen LogP contribution in [0.3, 0.4) is 0 Å². The summed E-state index contributed by atoms with van der Waals surface area (Å²) in [5.41, 5.74) is 1.14. The van der Waals surface area contributed by atoms with Gasteiger partial charge in [-0.25, -0.2) is 18.7 Å². The molecule has 3 aromatic rings. The third kappa shape index (κ3) is 12.2. The molecular formula is C29H39BrCl4F2N8O2. The summed E-state index contributed by atoms with van der Waals surface area (Å²) >= 11 is 14.9. The van der Waals surface area contributed by atoms with Crippen LogP contribution in [-0.4, -0.2) is 76.3 Å². The topological polar surface area (TPSA) is 109 Å². The summed E-state index contributed by atoms with van der Waals surface area (Å²) in [4.78, 5) is 17.3. The monoisotopic (exact) mass is 788 g/mol. The van der Waals surface area contributed by atoms with Gasteiger partial charge in [0, 0.05) is 31.7 Å². The lowest BCUT2D eigenvalue weighted by molar-refractivity contribution is 0.210. The number of nitrogens with zero attached hydrogens (tertiary/aromatic N) is 5. The molecule has 1 aromatic carbocycles. The van der Waals surface area contributed by atoms with Crippen LogP contribution in [0.2, 0.25) is 10.6 Å². The molecule has 0 bridgehead atoms. The number of anilines is 2. The van der Waals surface area contributed by atoms with Gasteiger partial charge in [0.05, 0.1) is 25.6 Å². The first-order valence-electron chi connectivity index (χ1n) is 14.7. The van der Waals surface area contributed by atoms with Crippen LogP contribution in [0.5, 0.6) is 11.5 Å². The molecule has 10 nitrogen and oxygen atoms in total. The zero-order chi connectivity index (χ0) is 31.5. The molecular weight excluding hydrogens is 752 g/mol. The van der Waals surface area contributed by atoms with Crippen LogP contribution in [0.1, 0.15) is 45.1 Å². The van der Waals surface area contributed by atoms with Crippen molar-refractivity contribution in [3.05, 3.63) is 56.8 Å². The average molecular weight is 791 g/mol. The second-order valence-corrected chi connectivity index (χ2v) is 11.8. The maximum Gasteiger partial charge on any atom is 0.224 e. The minimum Gasteiger partial charge on any atom is -0.493 e. The highest BCUT2D eigenvalue weighted by Gasteiger charge is 2.22. The molecule has 3 N–H and O–H groups in total. The van der Waals surface area contributed by atoms with Gasteiger partial charge in [-0.15, -0.1) is 24.8 Å². The first kappa shape index (κ1) is 40.2. The van der Waals surface area contributed by atoms with Crippen LogP contribution in [0.15, 0.2) is 29.0 Å². The van der Waals surface area contributed by atoms with Gasteiger partial charge in [-0.3, -0.25) is 4.90 Å². The van der Waals surface area contributed by atoms with E-state index in [2.05, 4.69) is 68.8 Å². The highest BCUT2D eigenvalue weighted by molar-refractivity contribution is 9.10. The largest absolute Gasteiger partial charge is 0.493 e. The van der Waals surface area contributed by atoms with Crippen molar-refractivity contribution >= 4 is 75.6 Å². The lowest BCUT2D eigenvalue weighted by atomic mass is 10.0. The Balaban J connectivity index is 0.000000367. The molecule has 2 aromatic heterocycles. The van der Waals surface area contributed by atoms with Gasteiger partial charge in [0.2, 0.25) is 10.6 Å². The molecule has 2 saturated heterocycles. The maximum absolute atomic E-state index is 13.8. The van der Waals surface area contributed by atoms with Crippen molar-refractivity contribution in [3.63, 3.8) is 0 Å². The van der Waals surface area contributed by atoms with Gasteiger partial charge in [-0.1, -0.05) is 0 Å². The van der Waals surface area contributed by atoms with E-state index in [1.807, 2.05) is 13.8 Å². The number of likely N-dealkylation sites (tertiary alicyclic amines) is 1. The number of aromatic nitrogens is 4. The molecule has 256 valence electrons. The predicted molar refractivity (Wildman–Crippen MR) is 186 cm³/mol. The first-order chi connectivity index (χ1) is 21.2. The highest BCUT2D eigenvalue weighted by Crippen LogP contribution is 2.36. The summed E-state index contributed by atoms with van der Waals surface area (Å²) in [7, 11) is 0. The van der Waals surface area contributed by atoms with E-state index in [-0.39, 0.29) is 59.1 Å². The van der Waals surface area contributed by atoms with Gasteiger partial charge in [-0.2, -0.15) is 9.97 Å². The molecule has 0 spiro atoms. The number of hydrogen-bond donors (Lipinski definition) is 3. The van der Waals surface area contributed by atoms with Crippen molar-refractivity contribution in [2.24, 2.45) is 0 Å². The molecule has 46 heavy (non-hydrogen) atoms. The molecule has 0 unspecified atom stereocenters. The summed E-state index contributed by atoms with van der Waals surface area (Å²) in [5, 5.41) is 9.52. The van der Waals surface area contributed by atoms with Gasteiger partial charge >= 0.3 is 0 Å². The molecule has 2 fully saturated rings. The molecule has 4 heterocycles. The lowest BCUT2D eigenvalue weighted by Gasteiger charge is -2.32. The van der Waals surface area contributed by atoms with Crippen molar-refractivity contribution in [2.45, 2.75) is 58.2 Å². The van der Waals surface area contributed by atoms with E-state index < -0.39 is 11.6 Å². The molecule has 0 saturated carbocycles. The van der Waals surface area contributed by atoms with Gasteiger partial charge in [0.25, 0.3) is 0 Å². The maximum atomic E-state index is 13.8. The summed E-state index contributed by atoms with van der Waals surface area (Å²) in [6.45, 7) is 9.58. The van der Waals surface area contributed by atoms with Crippen molar-refractivity contribution < 1.29 is 18.3 Å². The van der Waals surface area contributed by atoms with Crippen molar-refractivity contribution in [1.82, 2.24) is 30.2 Å². The number of nitrogens with one attached hydrogen (secondary N) is 3.